The van der Waals surface area contributed by atoms with Crippen LogP contribution in [0.3, 0.4) is 0 Å². The molecule has 2 aliphatic heterocycles. The summed E-state index contributed by atoms with van der Waals surface area (Å²) in [5.74, 6) is 0.314. The van der Waals surface area contributed by atoms with Crippen LogP contribution in [-0.2, 0) is 14.8 Å². The molecule has 0 amide bonds. The van der Waals surface area contributed by atoms with Crippen molar-refractivity contribution in [2.45, 2.75) is 23.3 Å². The van der Waals surface area contributed by atoms with Crippen molar-refractivity contribution in [2.75, 3.05) is 31.6 Å². The largest absolute Gasteiger partial charge is 0.379 e. The molecular formula is C22H23N3O5S. The molecule has 0 bridgehead atoms. The van der Waals surface area contributed by atoms with Gasteiger partial charge in [-0.3, -0.25) is 10.1 Å². The lowest BCUT2D eigenvalue weighted by molar-refractivity contribution is -0.384. The van der Waals surface area contributed by atoms with Crippen molar-refractivity contribution < 1.29 is 18.1 Å². The van der Waals surface area contributed by atoms with Gasteiger partial charge in [0, 0.05) is 36.8 Å². The fraction of sp³-hybridized carbons (Fsp3) is 0.364. The highest BCUT2D eigenvalue weighted by atomic mass is 32.2. The van der Waals surface area contributed by atoms with Gasteiger partial charge in [-0.05, 0) is 41.7 Å². The summed E-state index contributed by atoms with van der Waals surface area (Å²) < 4.78 is 32.5. The first-order valence-corrected chi connectivity index (χ1v) is 11.8. The number of sulfonamides is 1. The summed E-state index contributed by atoms with van der Waals surface area (Å²) >= 11 is 0. The molecule has 1 N–H and O–H groups in total. The van der Waals surface area contributed by atoms with Crippen LogP contribution < -0.4 is 5.32 Å². The van der Waals surface area contributed by atoms with Gasteiger partial charge in [-0.1, -0.05) is 24.3 Å². The number of benzene rings is 2. The van der Waals surface area contributed by atoms with Crippen molar-refractivity contribution >= 4 is 21.4 Å². The highest BCUT2D eigenvalue weighted by molar-refractivity contribution is 7.89. The van der Waals surface area contributed by atoms with Gasteiger partial charge in [-0.2, -0.15) is 4.31 Å². The Morgan fingerprint density at radius 3 is 2.55 bits per heavy atom. The zero-order valence-corrected chi connectivity index (χ0v) is 17.6. The standard InChI is InChI=1S/C22H23N3O5S/c26-25(27)16-6-9-21-20(14-16)18-2-1-3-19(18)22(23-21)15-4-7-17(8-5-15)31(28,29)24-10-12-30-13-11-24/h1-2,4-9,14,18-19,22-23H,3,10-13H2/t18-,19+,22-/m1/s1. The summed E-state index contributed by atoms with van der Waals surface area (Å²) in [5, 5.41) is 14.7. The number of allylic oxidation sites excluding steroid dienone is 2. The number of anilines is 1. The van der Waals surface area contributed by atoms with Gasteiger partial charge in [-0.25, -0.2) is 8.42 Å². The molecule has 1 fully saturated rings. The fourth-order valence-electron chi connectivity index (χ4n) is 4.81. The molecule has 9 heteroatoms. The van der Waals surface area contributed by atoms with Gasteiger partial charge in [0.25, 0.3) is 5.69 Å². The minimum absolute atomic E-state index is 0.00547. The van der Waals surface area contributed by atoms with Crippen molar-refractivity contribution in [3.63, 3.8) is 0 Å². The van der Waals surface area contributed by atoms with E-state index in [0.29, 0.717) is 26.3 Å². The normalized spacial score (nSPS) is 25.5. The predicted molar refractivity (Wildman–Crippen MR) is 115 cm³/mol. The Hall–Kier alpha value is -2.75. The summed E-state index contributed by atoms with van der Waals surface area (Å²) in [4.78, 5) is 11.1. The number of morpholine rings is 1. The Kier molecular flexibility index (Phi) is 5.04. The lowest BCUT2D eigenvalue weighted by Gasteiger charge is -2.37. The maximum absolute atomic E-state index is 12.9. The number of non-ortho nitro benzene ring substituents is 1. The summed E-state index contributed by atoms with van der Waals surface area (Å²) in [6.45, 7) is 1.56. The average Bonchev–Trinajstić information content (AvgIpc) is 3.29. The molecule has 0 radical (unpaired) electrons. The van der Waals surface area contributed by atoms with Gasteiger partial charge in [0.2, 0.25) is 10.0 Å². The molecule has 8 nitrogen and oxygen atoms in total. The second-order valence-electron chi connectivity index (χ2n) is 8.09. The zero-order chi connectivity index (χ0) is 21.6. The molecule has 1 aliphatic carbocycles. The molecule has 1 saturated heterocycles. The quantitative estimate of drug-likeness (QED) is 0.443. The third-order valence-corrected chi connectivity index (χ3v) is 8.32. The van der Waals surface area contributed by atoms with Crippen molar-refractivity contribution in [3.8, 4) is 0 Å². The van der Waals surface area contributed by atoms with E-state index >= 15 is 0 Å². The summed E-state index contributed by atoms with van der Waals surface area (Å²) in [5.41, 5.74) is 2.92. The van der Waals surface area contributed by atoms with E-state index < -0.39 is 10.0 Å². The summed E-state index contributed by atoms with van der Waals surface area (Å²) in [7, 11) is -3.53. The van der Waals surface area contributed by atoms with Crippen molar-refractivity contribution in [1.82, 2.24) is 4.31 Å². The van der Waals surface area contributed by atoms with E-state index in [9.17, 15) is 18.5 Å². The Labute approximate surface area is 180 Å². The SMILES string of the molecule is O=[N+]([O-])c1ccc2c(c1)[C@@H]1C=CC[C@@H]1[C@@H](c1ccc(S(=O)(=O)N3CCOCC3)cc1)N2. The Morgan fingerprint density at radius 1 is 1.10 bits per heavy atom. The van der Waals surface area contributed by atoms with Gasteiger partial charge >= 0.3 is 0 Å². The molecule has 31 heavy (non-hydrogen) atoms. The second kappa shape index (κ2) is 7.74. The Bertz CT molecular complexity index is 1140. The number of ether oxygens (including phenoxy) is 1. The smallest absolute Gasteiger partial charge is 0.269 e. The van der Waals surface area contributed by atoms with Crippen LogP contribution in [0.5, 0.6) is 0 Å². The number of rotatable bonds is 4. The van der Waals surface area contributed by atoms with Crippen LogP contribution in [0, 0.1) is 16.0 Å². The van der Waals surface area contributed by atoms with E-state index in [-0.39, 0.29) is 33.4 Å². The van der Waals surface area contributed by atoms with E-state index in [1.165, 1.54) is 10.4 Å². The molecule has 0 aromatic heterocycles. The van der Waals surface area contributed by atoms with Crippen LogP contribution in [0.15, 0.2) is 59.5 Å². The molecule has 162 valence electrons. The third kappa shape index (κ3) is 3.52. The van der Waals surface area contributed by atoms with E-state index in [2.05, 4.69) is 17.5 Å². The fourth-order valence-corrected chi connectivity index (χ4v) is 6.22. The molecule has 2 heterocycles. The number of nitrogens with one attached hydrogen (secondary N) is 1. The number of nitro benzene ring substituents is 1. The molecule has 3 aliphatic rings. The molecule has 0 saturated carbocycles. The molecule has 2 aromatic carbocycles. The summed E-state index contributed by atoms with van der Waals surface area (Å²) in [6, 6.07) is 12.0. The van der Waals surface area contributed by atoms with Crippen molar-refractivity contribution in [3.05, 3.63) is 75.9 Å². The number of nitro groups is 1. The highest BCUT2D eigenvalue weighted by Crippen LogP contribution is 2.50. The topological polar surface area (TPSA) is 102 Å². The van der Waals surface area contributed by atoms with Gasteiger partial charge in [0.15, 0.2) is 0 Å². The predicted octanol–water partition coefficient (Wildman–Crippen LogP) is 3.44. The van der Waals surface area contributed by atoms with Gasteiger partial charge in [0.05, 0.1) is 29.1 Å². The minimum Gasteiger partial charge on any atom is -0.379 e. The van der Waals surface area contributed by atoms with Gasteiger partial charge < -0.3 is 10.1 Å². The molecule has 3 atom stereocenters. The van der Waals surface area contributed by atoms with Crippen molar-refractivity contribution in [1.29, 1.82) is 0 Å². The van der Waals surface area contributed by atoms with Crippen LogP contribution in [0.1, 0.15) is 29.5 Å². The Balaban J connectivity index is 1.44. The first-order valence-electron chi connectivity index (χ1n) is 10.3. The highest BCUT2D eigenvalue weighted by Gasteiger charge is 2.38. The maximum Gasteiger partial charge on any atom is 0.269 e. The van der Waals surface area contributed by atoms with Crippen LogP contribution in [0.25, 0.3) is 0 Å². The first kappa shape index (κ1) is 20.2. The molecular weight excluding hydrogens is 418 g/mol. The molecule has 0 unspecified atom stereocenters. The van der Waals surface area contributed by atoms with E-state index in [4.69, 9.17) is 4.74 Å². The van der Waals surface area contributed by atoms with Crippen LogP contribution in [0.4, 0.5) is 11.4 Å². The first-order chi connectivity index (χ1) is 14.9. The number of hydrogen-bond donors (Lipinski definition) is 1. The van der Waals surface area contributed by atoms with E-state index in [0.717, 1.165) is 23.2 Å². The minimum atomic E-state index is -3.53. The van der Waals surface area contributed by atoms with Crippen LogP contribution in [-0.4, -0.2) is 43.9 Å². The van der Waals surface area contributed by atoms with E-state index in [1.54, 1.807) is 24.3 Å². The van der Waals surface area contributed by atoms with Crippen molar-refractivity contribution in [2.24, 2.45) is 5.92 Å². The molecule has 0 spiro atoms. The van der Waals surface area contributed by atoms with Gasteiger partial charge in [0.1, 0.15) is 0 Å². The van der Waals surface area contributed by atoms with Crippen LogP contribution in [0.2, 0.25) is 0 Å². The molecule has 5 rings (SSSR count). The summed E-state index contributed by atoms with van der Waals surface area (Å²) in [6.07, 6.45) is 5.10. The third-order valence-electron chi connectivity index (χ3n) is 6.40. The van der Waals surface area contributed by atoms with E-state index in [1.807, 2.05) is 12.1 Å². The Morgan fingerprint density at radius 2 is 1.84 bits per heavy atom. The number of hydrogen-bond acceptors (Lipinski definition) is 6. The second-order valence-corrected chi connectivity index (χ2v) is 10.0. The van der Waals surface area contributed by atoms with Crippen LogP contribution >= 0.6 is 0 Å². The zero-order valence-electron chi connectivity index (χ0n) is 16.8. The van der Waals surface area contributed by atoms with Gasteiger partial charge in [-0.15, -0.1) is 0 Å². The number of fused-ring (bicyclic) bond motifs is 3. The molecule has 2 aromatic rings. The number of nitrogens with zero attached hydrogens (tertiary/aromatic N) is 2. The lowest BCUT2D eigenvalue weighted by atomic mass is 9.77. The lowest BCUT2D eigenvalue weighted by Crippen LogP contribution is -2.40. The maximum atomic E-state index is 12.9. The monoisotopic (exact) mass is 441 g/mol. The average molecular weight is 442 g/mol.